The summed E-state index contributed by atoms with van der Waals surface area (Å²) in [6.45, 7) is 8.29. The summed E-state index contributed by atoms with van der Waals surface area (Å²) in [5.74, 6) is -0.799. The summed E-state index contributed by atoms with van der Waals surface area (Å²) in [5.41, 5.74) is 3.05. The number of halogens is 2. The molecule has 11 heteroatoms. The van der Waals surface area contributed by atoms with Crippen LogP contribution in [-0.2, 0) is 11.3 Å². The summed E-state index contributed by atoms with van der Waals surface area (Å²) in [4.78, 5) is 17.7. The minimum absolute atomic E-state index is 0.00380. The van der Waals surface area contributed by atoms with Gasteiger partial charge in [-0.25, -0.2) is 13.8 Å². The topological polar surface area (TPSA) is 83.4 Å². The highest BCUT2D eigenvalue weighted by atomic mass is 19.1. The molecule has 0 aliphatic carbocycles. The van der Waals surface area contributed by atoms with Crippen LogP contribution in [0.15, 0.2) is 42.9 Å². The van der Waals surface area contributed by atoms with Crippen molar-refractivity contribution in [2.45, 2.75) is 13.5 Å². The van der Waals surface area contributed by atoms with Gasteiger partial charge in [-0.2, -0.15) is 4.98 Å². The summed E-state index contributed by atoms with van der Waals surface area (Å²) in [5, 5.41) is 7.31. The SMILES string of the molecule is Cc1c(-n2ccc3cnc(Nc4ccc(CN5CCNCC5)nc4)nc32)cc(F)c(N2CCOCC2)c1F. The van der Waals surface area contributed by atoms with Gasteiger partial charge in [0.2, 0.25) is 5.95 Å². The van der Waals surface area contributed by atoms with Crippen LogP contribution in [-0.4, -0.2) is 76.9 Å². The molecule has 0 unspecified atom stereocenters. The molecule has 2 N–H and O–H groups in total. The number of morpholine rings is 1. The Kier molecular flexibility index (Phi) is 6.88. The third-order valence-electron chi connectivity index (χ3n) is 7.10. The lowest BCUT2D eigenvalue weighted by Crippen LogP contribution is -2.43. The van der Waals surface area contributed by atoms with Gasteiger partial charge < -0.3 is 24.8 Å². The molecule has 0 atom stereocenters. The average Bonchev–Trinajstić information content (AvgIpc) is 3.36. The molecule has 2 aliphatic heterocycles. The van der Waals surface area contributed by atoms with Gasteiger partial charge in [-0.1, -0.05) is 0 Å². The molecule has 6 rings (SSSR count). The van der Waals surface area contributed by atoms with Gasteiger partial charge in [0.05, 0.1) is 36.5 Å². The van der Waals surface area contributed by atoms with E-state index >= 15 is 8.78 Å². The number of nitrogens with zero attached hydrogens (tertiary/aromatic N) is 6. The van der Waals surface area contributed by atoms with E-state index in [1.165, 1.54) is 6.07 Å². The molecule has 0 bridgehead atoms. The van der Waals surface area contributed by atoms with Crippen LogP contribution in [0.1, 0.15) is 11.3 Å². The zero-order valence-corrected chi connectivity index (χ0v) is 21.3. The number of anilines is 3. The minimum atomic E-state index is -0.605. The van der Waals surface area contributed by atoms with E-state index in [0.29, 0.717) is 49.1 Å². The molecule has 4 aromatic rings. The number of hydrogen-bond donors (Lipinski definition) is 2. The molecule has 0 saturated carbocycles. The number of benzene rings is 1. The Balaban J connectivity index is 1.25. The van der Waals surface area contributed by atoms with Crippen molar-refractivity contribution in [3.63, 3.8) is 0 Å². The van der Waals surface area contributed by atoms with Gasteiger partial charge in [0.1, 0.15) is 11.3 Å². The third kappa shape index (κ3) is 4.92. The van der Waals surface area contributed by atoms with Gasteiger partial charge in [0, 0.05) is 75.2 Å². The summed E-state index contributed by atoms with van der Waals surface area (Å²) >= 11 is 0. The first-order valence-electron chi connectivity index (χ1n) is 12.9. The lowest BCUT2D eigenvalue weighted by molar-refractivity contribution is 0.122. The van der Waals surface area contributed by atoms with Crippen LogP contribution in [0.3, 0.4) is 0 Å². The van der Waals surface area contributed by atoms with Gasteiger partial charge >= 0.3 is 0 Å². The van der Waals surface area contributed by atoms with E-state index in [9.17, 15) is 0 Å². The van der Waals surface area contributed by atoms with Gasteiger partial charge in [0.15, 0.2) is 11.6 Å². The fraction of sp³-hybridized carbons (Fsp3) is 0.370. The van der Waals surface area contributed by atoms with Crippen molar-refractivity contribution >= 4 is 28.4 Å². The molecule has 2 fully saturated rings. The minimum Gasteiger partial charge on any atom is -0.378 e. The summed E-state index contributed by atoms with van der Waals surface area (Å²) in [6.07, 6.45) is 5.21. The highest BCUT2D eigenvalue weighted by Crippen LogP contribution is 2.32. The van der Waals surface area contributed by atoms with Crippen LogP contribution in [0, 0.1) is 18.6 Å². The zero-order chi connectivity index (χ0) is 26.1. The normalized spacial score (nSPS) is 16.8. The zero-order valence-electron chi connectivity index (χ0n) is 21.3. The maximum atomic E-state index is 15.5. The Bertz CT molecular complexity index is 1430. The molecule has 1 aromatic carbocycles. The van der Waals surface area contributed by atoms with Crippen LogP contribution in [0.5, 0.6) is 0 Å². The molecule has 3 aromatic heterocycles. The molecule has 2 saturated heterocycles. The molecule has 5 heterocycles. The molecular weight excluding hydrogens is 490 g/mol. The predicted octanol–water partition coefficient (Wildman–Crippen LogP) is 3.39. The standard InChI is InChI=1S/C27H30F2N8O/c1-18-23(14-22(28)25(24(18)29)36-10-12-38-13-11-36)37-7-4-19-15-32-27(34-26(19)37)33-20-2-3-21(31-16-20)17-35-8-5-30-6-9-35/h2-4,7,14-16,30H,5-6,8-13,17H2,1H3,(H,32,33,34). The Morgan fingerprint density at radius 1 is 1.03 bits per heavy atom. The molecule has 0 spiro atoms. The van der Waals surface area contributed by atoms with Gasteiger partial charge in [0.25, 0.3) is 0 Å². The Morgan fingerprint density at radius 2 is 1.84 bits per heavy atom. The fourth-order valence-electron chi connectivity index (χ4n) is 5.01. The highest BCUT2D eigenvalue weighted by Gasteiger charge is 2.24. The van der Waals surface area contributed by atoms with Crippen LogP contribution in [0.25, 0.3) is 16.7 Å². The van der Waals surface area contributed by atoms with Crippen molar-refractivity contribution < 1.29 is 13.5 Å². The van der Waals surface area contributed by atoms with E-state index in [1.54, 1.807) is 35.0 Å². The maximum absolute atomic E-state index is 15.5. The van der Waals surface area contributed by atoms with Crippen molar-refractivity contribution in [3.05, 3.63) is 65.7 Å². The van der Waals surface area contributed by atoms with Crippen molar-refractivity contribution in [1.29, 1.82) is 0 Å². The first kappa shape index (κ1) is 24.7. The molecular formula is C27H30F2N8O. The van der Waals surface area contributed by atoms with E-state index < -0.39 is 11.6 Å². The second-order valence-corrected chi connectivity index (χ2v) is 9.61. The first-order valence-corrected chi connectivity index (χ1v) is 12.9. The van der Waals surface area contributed by atoms with Crippen LogP contribution in [0.2, 0.25) is 0 Å². The third-order valence-corrected chi connectivity index (χ3v) is 7.10. The molecule has 9 nitrogen and oxygen atoms in total. The first-order chi connectivity index (χ1) is 18.6. The number of nitrogens with one attached hydrogen (secondary N) is 2. The monoisotopic (exact) mass is 520 g/mol. The lowest BCUT2D eigenvalue weighted by Gasteiger charge is -2.30. The number of hydrogen-bond acceptors (Lipinski definition) is 8. The highest BCUT2D eigenvalue weighted by molar-refractivity contribution is 5.79. The second kappa shape index (κ2) is 10.6. The van der Waals surface area contributed by atoms with Crippen LogP contribution < -0.4 is 15.5 Å². The number of pyridine rings is 1. The van der Waals surface area contributed by atoms with E-state index in [0.717, 1.165) is 49.5 Å². The van der Waals surface area contributed by atoms with E-state index in [4.69, 9.17) is 4.74 Å². The predicted molar refractivity (Wildman–Crippen MR) is 142 cm³/mol. The van der Waals surface area contributed by atoms with E-state index in [-0.39, 0.29) is 5.69 Å². The van der Waals surface area contributed by atoms with Crippen molar-refractivity contribution in [3.8, 4) is 5.69 Å². The van der Waals surface area contributed by atoms with Crippen molar-refractivity contribution in [2.75, 3.05) is 62.7 Å². The quantitative estimate of drug-likeness (QED) is 0.401. The molecule has 0 amide bonds. The number of aromatic nitrogens is 4. The Morgan fingerprint density at radius 3 is 2.61 bits per heavy atom. The van der Waals surface area contributed by atoms with Gasteiger partial charge in [-0.3, -0.25) is 9.88 Å². The van der Waals surface area contributed by atoms with Crippen LogP contribution >= 0.6 is 0 Å². The molecule has 198 valence electrons. The largest absolute Gasteiger partial charge is 0.378 e. The number of rotatable bonds is 6. The van der Waals surface area contributed by atoms with Crippen molar-refractivity contribution in [2.24, 2.45) is 0 Å². The molecule has 2 aliphatic rings. The summed E-state index contributed by atoms with van der Waals surface area (Å²) < 4.78 is 37.7. The van der Waals surface area contributed by atoms with Gasteiger partial charge in [-0.15, -0.1) is 0 Å². The fourth-order valence-corrected chi connectivity index (χ4v) is 5.01. The van der Waals surface area contributed by atoms with E-state index in [2.05, 4.69) is 30.5 Å². The lowest BCUT2D eigenvalue weighted by atomic mass is 10.1. The number of ether oxygens (including phenoxy) is 1. The molecule has 38 heavy (non-hydrogen) atoms. The number of fused-ring (bicyclic) bond motifs is 1. The molecule has 0 radical (unpaired) electrons. The maximum Gasteiger partial charge on any atom is 0.229 e. The van der Waals surface area contributed by atoms with Crippen molar-refractivity contribution in [1.82, 2.24) is 29.7 Å². The summed E-state index contributed by atoms with van der Waals surface area (Å²) in [7, 11) is 0. The smallest absolute Gasteiger partial charge is 0.229 e. The van der Waals surface area contributed by atoms with E-state index in [1.807, 2.05) is 18.2 Å². The Labute approximate surface area is 219 Å². The average molecular weight is 521 g/mol. The summed E-state index contributed by atoms with van der Waals surface area (Å²) in [6, 6.07) is 7.16. The van der Waals surface area contributed by atoms with Gasteiger partial charge in [-0.05, 0) is 25.1 Å². The van der Waals surface area contributed by atoms with Crippen LogP contribution in [0.4, 0.5) is 26.1 Å². The Hall–Kier alpha value is -3.67. The number of piperazine rings is 1. The second-order valence-electron chi connectivity index (χ2n) is 9.61.